The van der Waals surface area contributed by atoms with Gasteiger partial charge in [-0.05, 0) is 25.0 Å². The lowest BCUT2D eigenvalue weighted by Gasteiger charge is -2.26. The van der Waals surface area contributed by atoms with Crippen molar-refractivity contribution in [2.75, 3.05) is 25.5 Å². The standard InChI is InChI=1S/C13H18N2O4S/c1-14(2)20(18,19)12-6-4-3-5-11(12)15(9-13(16)17)10-7-8-10/h3-6,10H,7-9H2,1-2H3,(H,16,17). The molecular formula is C13H18N2O4S. The number of rotatable bonds is 6. The first-order valence-electron chi connectivity index (χ1n) is 6.34. The monoisotopic (exact) mass is 298 g/mol. The second-order valence-corrected chi connectivity index (χ2v) is 7.13. The topological polar surface area (TPSA) is 77.9 Å². The van der Waals surface area contributed by atoms with Gasteiger partial charge < -0.3 is 10.0 Å². The van der Waals surface area contributed by atoms with Crippen LogP contribution in [0.1, 0.15) is 12.8 Å². The molecular weight excluding hydrogens is 280 g/mol. The van der Waals surface area contributed by atoms with Gasteiger partial charge in [0.05, 0.1) is 5.69 Å². The van der Waals surface area contributed by atoms with Crippen LogP contribution in [0.25, 0.3) is 0 Å². The van der Waals surface area contributed by atoms with Crippen LogP contribution in [0.15, 0.2) is 29.2 Å². The average Bonchev–Trinajstić information content (AvgIpc) is 3.20. The number of carbonyl (C=O) groups is 1. The van der Waals surface area contributed by atoms with E-state index in [9.17, 15) is 13.2 Å². The second kappa shape index (κ2) is 5.41. The molecule has 110 valence electrons. The molecule has 0 heterocycles. The first kappa shape index (κ1) is 14.8. The minimum Gasteiger partial charge on any atom is -0.480 e. The van der Waals surface area contributed by atoms with Gasteiger partial charge in [-0.15, -0.1) is 0 Å². The molecule has 1 aromatic carbocycles. The van der Waals surface area contributed by atoms with Gasteiger partial charge in [0.25, 0.3) is 0 Å². The molecule has 1 aliphatic carbocycles. The molecule has 0 amide bonds. The van der Waals surface area contributed by atoms with Crippen molar-refractivity contribution in [1.82, 2.24) is 4.31 Å². The molecule has 0 unspecified atom stereocenters. The van der Waals surface area contributed by atoms with Crippen LogP contribution in [-0.2, 0) is 14.8 Å². The number of para-hydroxylation sites is 1. The van der Waals surface area contributed by atoms with E-state index in [0.717, 1.165) is 17.1 Å². The molecule has 0 aliphatic heterocycles. The number of benzene rings is 1. The summed E-state index contributed by atoms with van der Waals surface area (Å²) in [5.41, 5.74) is 0.464. The van der Waals surface area contributed by atoms with Crippen molar-refractivity contribution >= 4 is 21.7 Å². The quantitative estimate of drug-likeness (QED) is 0.847. The average molecular weight is 298 g/mol. The molecule has 1 saturated carbocycles. The van der Waals surface area contributed by atoms with Crippen molar-refractivity contribution in [1.29, 1.82) is 0 Å². The molecule has 2 rings (SSSR count). The second-order valence-electron chi connectivity index (χ2n) is 5.01. The third kappa shape index (κ3) is 2.94. The van der Waals surface area contributed by atoms with Gasteiger partial charge in [-0.1, -0.05) is 12.1 Å². The summed E-state index contributed by atoms with van der Waals surface area (Å²) in [5.74, 6) is -0.964. The Morgan fingerprint density at radius 3 is 2.40 bits per heavy atom. The predicted octanol–water partition coefficient (Wildman–Crippen LogP) is 0.990. The van der Waals surface area contributed by atoms with Crippen molar-refractivity contribution in [2.45, 2.75) is 23.8 Å². The summed E-state index contributed by atoms with van der Waals surface area (Å²) in [5, 5.41) is 9.02. The van der Waals surface area contributed by atoms with E-state index in [2.05, 4.69) is 0 Å². The van der Waals surface area contributed by atoms with Crippen molar-refractivity contribution in [3.63, 3.8) is 0 Å². The zero-order valence-electron chi connectivity index (χ0n) is 11.5. The highest BCUT2D eigenvalue weighted by Gasteiger charge is 2.34. The Kier molecular flexibility index (Phi) is 4.01. The maximum Gasteiger partial charge on any atom is 0.323 e. The number of anilines is 1. The highest BCUT2D eigenvalue weighted by Crippen LogP contribution is 2.35. The molecule has 1 aliphatic rings. The third-order valence-electron chi connectivity index (χ3n) is 3.23. The third-order valence-corrected chi connectivity index (χ3v) is 5.09. The predicted molar refractivity (Wildman–Crippen MR) is 75.3 cm³/mol. The summed E-state index contributed by atoms with van der Waals surface area (Å²) < 4.78 is 25.8. The highest BCUT2D eigenvalue weighted by molar-refractivity contribution is 7.89. The molecule has 1 N–H and O–H groups in total. The fourth-order valence-corrected chi connectivity index (χ4v) is 3.15. The maximum atomic E-state index is 12.3. The van der Waals surface area contributed by atoms with Gasteiger partial charge in [-0.3, -0.25) is 4.79 Å². The lowest BCUT2D eigenvalue weighted by molar-refractivity contribution is -0.135. The fraction of sp³-hybridized carbons (Fsp3) is 0.462. The number of carboxylic acid groups (broad SMARTS) is 1. The molecule has 0 radical (unpaired) electrons. The summed E-state index contributed by atoms with van der Waals surface area (Å²) in [7, 11) is -0.669. The lowest BCUT2D eigenvalue weighted by atomic mass is 10.2. The normalized spacial score (nSPS) is 15.3. The number of sulfonamides is 1. The van der Waals surface area contributed by atoms with Crippen LogP contribution in [0, 0.1) is 0 Å². The SMILES string of the molecule is CN(C)S(=O)(=O)c1ccccc1N(CC(=O)O)C1CC1. The molecule has 0 spiro atoms. The Labute approximate surface area is 118 Å². The molecule has 0 bridgehead atoms. The summed E-state index contributed by atoms with van der Waals surface area (Å²) in [6, 6.07) is 6.66. The number of nitrogens with zero attached hydrogens (tertiary/aromatic N) is 2. The van der Waals surface area contributed by atoms with E-state index in [1.54, 1.807) is 23.1 Å². The van der Waals surface area contributed by atoms with E-state index < -0.39 is 16.0 Å². The Morgan fingerprint density at radius 1 is 1.30 bits per heavy atom. The Morgan fingerprint density at radius 2 is 1.90 bits per heavy atom. The largest absolute Gasteiger partial charge is 0.480 e. The molecule has 7 heteroatoms. The Balaban J connectivity index is 2.48. The van der Waals surface area contributed by atoms with Crippen LogP contribution in [0.5, 0.6) is 0 Å². The van der Waals surface area contributed by atoms with E-state index in [-0.39, 0.29) is 17.5 Å². The number of aliphatic carboxylic acids is 1. The minimum absolute atomic E-state index is 0.115. The molecule has 1 fully saturated rings. The number of carboxylic acids is 1. The smallest absolute Gasteiger partial charge is 0.323 e. The van der Waals surface area contributed by atoms with E-state index in [0.29, 0.717) is 5.69 Å². The highest BCUT2D eigenvalue weighted by atomic mass is 32.2. The summed E-state index contributed by atoms with van der Waals surface area (Å²) in [4.78, 5) is 12.8. The van der Waals surface area contributed by atoms with E-state index in [1.807, 2.05) is 0 Å². The van der Waals surface area contributed by atoms with E-state index in [4.69, 9.17) is 5.11 Å². The van der Waals surface area contributed by atoms with Crippen molar-refractivity contribution < 1.29 is 18.3 Å². The summed E-state index contributed by atoms with van der Waals surface area (Å²) >= 11 is 0. The summed E-state index contributed by atoms with van der Waals surface area (Å²) in [6.45, 7) is -0.190. The lowest BCUT2D eigenvalue weighted by Crippen LogP contribution is -2.34. The number of hydrogen-bond donors (Lipinski definition) is 1. The first-order valence-corrected chi connectivity index (χ1v) is 7.78. The number of hydrogen-bond acceptors (Lipinski definition) is 4. The van der Waals surface area contributed by atoms with Crippen LogP contribution >= 0.6 is 0 Å². The van der Waals surface area contributed by atoms with Gasteiger partial charge in [0, 0.05) is 20.1 Å². The van der Waals surface area contributed by atoms with Crippen LogP contribution < -0.4 is 4.90 Å². The molecule has 0 aromatic heterocycles. The first-order chi connectivity index (χ1) is 9.34. The summed E-state index contributed by atoms with van der Waals surface area (Å²) in [6.07, 6.45) is 1.78. The Hall–Kier alpha value is -1.60. The minimum atomic E-state index is -3.60. The van der Waals surface area contributed by atoms with Crippen molar-refractivity contribution in [2.24, 2.45) is 0 Å². The van der Waals surface area contributed by atoms with Gasteiger partial charge in [0.15, 0.2) is 0 Å². The van der Waals surface area contributed by atoms with Gasteiger partial charge in [-0.2, -0.15) is 0 Å². The van der Waals surface area contributed by atoms with Gasteiger partial charge in [-0.25, -0.2) is 12.7 Å². The van der Waals surface area contributed by atoms with Gasteiger partial charge >= 0.3 is 5.97 Å². The zero-order valence-corrected chi connectivity index (χ0v) is 12.3. The van der Waals surface area contributed by atoms with Crippen molar-refractivity contribution in [3.8, 4) is 0 Å². The van der Waals surface area contributed by atoms with Crippen LogP contribution in [0.4, 0.5) is 5.69 Å². The van der Waals surface area contributed by atoms with Gasteiger partial charge in [0.2, 0.25) is 10.0 Å². The van der Waals surface area contributed by atoms with E-state index in [1.165, 1.54) is 20.2 Å². The molecule has 20 heavy (non-hydrogen) atoms. The maximum absolute atomic E-state index is 12.3. The molecule has 0 atom stereocenters. The Bertz CT molecular complexity index is 609. The van der Waals surface area contributed by atoms with Crippen LogP contribution in [0.3, 0.4) is 0 Å². The molecule has 6 nitrogen and oxygen atoms in total. The van der Waals surface area contributed by atoms with E-state index >= 15 is 0 Å². The molecule has 0 saturated heterocycles. The van der Waals surface area contributed by atoms with Crippen LogP contribution in [-0.4, -0.2) is 50.5 Å². The zero-order chi connectivity index (χ0) is 14.9. The van der Waals surface area contributed by atoms with Crippen molar-refractivity contribution in [3.05, 3.63) is 24.3 Å². The van der Waals surface area contributed by atoms with Crippen LogP contribution in [0.2, 0.25) is 0 Å². The van der Waals surface area contributed by atoms with Gasteiger partial charge in [0.1, 0.15) is 11.4 Å². The molecule has 1 aromatic rings. The fourth-order valence-electron chi connectivity index (χ4n) is 2.05.